The molecule has 164 valence electrons. The molecule has 5 rings (SSSR count). The number of thiophene rings is 1. The predicted molar refractivity (Wildman–Crippen MR) is 119 cm³/mol. The van der Waals surface area contributed by atoms with Crippen LogP contribution < -0.4 is 4.90 Å². The first-order valence-electron chi connectivity index (χ1n) is 11.0. The van der Waals surface area contributed by atoms with Crippen molar-refractivity contribution < 1.29 is 14.3 Å². The molecule has 2 aromatic rings. The minimum Gasteiger partial charge on any atom is -0.378 e. The van der Waals surface area contributed by atoms with Gasteiger partial charge in [0.2, 0.25) is 5.91 Å². The Hall–Kier alpha value is -2.45. The molecule has 0 aliphatic carbocycles. The fraction of sp³-hybridized carbons (Fsp3) is 0.522. The zero-order chi connectivity index (χ0) is 21.3. The molecule has 3 aliphatic heterocycles. The van der Waals surface area contributed by atoms with E-state index in [1.165, 1.54) is 0 Å². The van der Waals surface area contributed by atoms with Crippen LogP contribution in [-0.4, -0.2) is 79.1 Å². The molecule has 5 heterocycles. The first kappa shape index (κ1) is 20.5. The summed E-state index contributed by atoms with van der Waals surface area (Å²) in [4.78, 5) is 37.8. The second-order valence-corrected chi connectivity index (χ2v) is 9.47. The normalized spacial score (nSPS) is 26.5. The van der Waals surface area contributed by atoms with E-state index < -0.39 is 5.41 Å². The Balaban J connectivity index is 1.45. The van der Waals surface area contributed by atoms with Gasteiger partial charge < -0.3 is 19.4 Å². The topological polar surface area (TPSA) is 66.0 Å². The minimum absolute atomic E-state index is 0.0761. The molecule has 0 aromatic carbocycles. The Bertz CT molecular complexity index is 916. The molecule has 2 atom stereocenters. The van der Waals surface area contributed by atoms with Crippen molar-refractivity contribution in [1.82, 2.24) is 14.8 Å². The molecule has 0 unspecified atom stereocenters. The summed E-state index contributed by atoms with van der Waals surface area (Å²) in [5, 5.41) is 3.85. The molecule has 8 heteroatoms. The lowest BCUT2D eigenvalue weighted by atomic mass is 9.73. The van der Waals surface area contributed by atoms with Gasteiger partial charge in [0.15, 0.2) is 0 Å². The number of nitrogens with zero attached hydrogens (tertiary/aromatic N) is 4. The molecule has 0 saturated carbocycles. The van der Waals surface area contributed by atoms with Crippen molar-refractivity contribution in [2.75, 3.05) is 57.4 Å². The smallest absolute Gasteiger partial charge is 0.254 e. The average molecular weight is 441 g/mol. The highest BCUT2D eigenvalue weighted by Crippen LogP contribution is 2.45. The van der Waals surface area contributed by atoms with E-state index in [-0.39, 0.29) is 17.7 Å². The maximum Gasteiger partial charge on any atom is 0.254 e. The van der Waals surface area contributed by atoms with Crippen molar-refractivity contribution in [3.05, 3.63) is 46.8 Å². The molecule has 0 spiro atoms. The Kier molecular flexibility index (Phi) is 5.67. The maximum atomic E-state index is 13.9. The Morgan fingerprint density at radius 3 is 2.71 bits per heavy atom. The zero-order valence-electron chi connectivity index (χ0n) is 17.6. The van der Waals surface area contributed by atoms with Crippen LogP contribution in [0.15, 0.2) is 41.2 Å². The molecular formula is C23H28N4O3S. The summed E-state index contributed by atoms with van der Waals surface area (Å²) in [6, 6.07) is 7.79. The third-order valence-corrected chi connectivity index (χ3v) is 7.62. The van der Waals surface area contributed by atoms with Crippen LogP contribution in [0.1, 0.15) is 23.2 Å². The van der Waals surface area contributed by atoms with Gasteiger partial charge in [0, 0.05) is 56.8 Å². The van der Waals surface area contributed by atoms with Crippen LogP contribution in [0.25, 0.3) is 0 Å². The first-order valence-corrected chi connectivity index (χ1v) is 12.0. The summed E-state index contributed by atoms with van der Waals surface area (Å²) in [7, 11) is 0. The van der Waals surface area contributed by atoms with Crippen LogP contribution >= 0.6 is 11.3 Å². The van der Waals surface area contributed by atoms with Crippen molar-refractivity contribution in [3.8, 4) is 0 Å². The van der Waals surface area contributed by atoms with Gasteiger partial charge in [-0.05, 0) is 36.4 Å². The van der Waals surface area contributed by atoms with Gasteiger partial charge in [-0.2, -0.15) is 11.3 Å². The number of amides is 2. The molecule has 0 N–H and O–H groups in total. The van der Waals surface area contributed by atoms with Crippen LogP contribution in [-0.2, 0) is 9.53 Å². The van der Waals surface area contributed by atoms with Gasteiger partial charge in [-0.15, -0.1) is 0 Å². The summed E-state index contributed by atoms with van der Waals surface area (Å²) in [6.45, 7) is 5.19. The third-order valence-electron chi connectivity index (χ3n) is 6.94. The van der Waals surface area contributed by atoms with E-state index in [0.29, 0.717) is 45.9 Å². The van der Waals surface area contributed by atoms with Crippen molar-refractivity contribution in [1.29, 1.82) is 0 Å². The molecular weight excluding hydrogens is 412 g/mol. The number of hydrogen-bond acceptors (Lipinski definition) is 6. The van der Waals surface area contributed by atoms with Crippen molar-refractivity contribution in [2.24, 2.45) is 11.3 Å². The fourth-order valence-corrected chi connectivity index (χ4v) is 5.96. The van der Waals surface area contributed by atoms with E-state index in [1.807, 2.05) is 44.8 Å². The van der Waals surface area contributed by atoms with E-state index in [1.54, 1.807) is 17.5 Å². The molecule has 0 bridgehead atoms. The number of morpholine rings is 1. The Morgan fingerprint density at radius 2 is 1.97 bits per heavy atom. The standard InChI is InChI=1S/C23H28N4O3S/c28-21(18-5-13-31-16-18)26-8-3-6-23(22(29)25-9-11-30-12-10-25)17-27(15-19(23)14-26)20-4-1-2-7-24-20/h1-2,4-5,7,13,16,19H,3,6,8-12,14-15,17H2/t19-,23-/m0/s1. The molecule has 31 heavy (non-hydrogen) atoms. The number of hydrogen-bond donors (Lipinski definition) is 0. The van der Waals surface area contributed by atoms with E-state index in [9.17, 15) is 9.59 Å². The van der Waals surface area contributed by atoms with Crippen LogP contribution in [0.5, 0.6) is 0 Å². The highest BCUT2D eigenvalue weighted by molar-refractivity contribution is 7.08. The number of anilines is 1. The number of carbonyl (C=O) groups is 2. The van der Waals surface area contributed by atoms with Crippen LogP contribution in [0.3, 0.4) is 0 Å². The van der Waals surface area contributed by atoms with E-state index in [2.05, 4.69) is 9.88 Å². The number of ether oxygens (including phenoxy) is 1. The maximum absolute atomic E-state index is 13.9. The van der Waals surface area contributed by atoms with E-state index in [4.69, 9.17) is 4.74 Å². The molecule has 3 aliphatic rings. The first-order chi connectivity index (χ1) is 15.2. The highest BCUT2D eigenvalue weighted by atomic mass is 32.1. The van der Waals surface area contributed by atoms with E-state index in [0.717, 1.165) is 30.8 Å². The number of likely N-dealkylation sites (tertiary alicyclic amines) is 1. The van der Waals surface area contributed by atoms with Crippen LogP contribution in [0.2, 0.25) is 0 Å². The SMILES string of the molecule is O=C(c1ccsc1)N1CCC[C@]2(C(=O)N3CCOCC3)CN(c3ccccn3)C[C@@H]2C1. The van der Waals surface area contributed by atoms with Crippen molar-refractivity contribution in [3.63, 3.8) is 0 Å². The van der Waals surface area contributed by atoms with Crippen LogP contribution in [0, 0.1) is 11.3 Å². The lowest BCUT2D eigenvalue weighted by molar-refractivity contribution is -0.148. The summed E-state index contributed by atoms with van der Waals surface area (Å²) in [6.07, 6.45) is 3.43. The molecule has 3 saturated heterocycles. The molecule has 7 nitrogen and oxygen atoms in total. The third kappa shape index (κ3) is 3.83. The van der Waals surface area contributed by atoms with Gasteiger partial charge >= 0.3 is 0 Å². The molecule has 2 amide bonds. The molecule has 2 aromatic heterocycles. The van der Waals surface area contributed by atoms with Gasteiger partial charge in [-0.1, -0.05) is 6.07 Å². The fourth-order valence-electron chi connectivity index (χ4n) is 5.33. The van der Waals surface area contributed by atoms with Crippen molar-refractivity contribution in [2.45, 2.75) is 12.8 Å². The van der Waals surface area contributed by atoms with Crippen LogP contribution in [0.4, 0.5) is 5.82 Å². The van der Waals surface area contributed by atoms with E-state index >= 15 is 0 Å². The van der Waals surface area contributed by atoms with Gasteiger partial charge in [0.25, 0.3) is 5.91 Å². The monoisotopic (exact) mass is 440 g/mol. The van der Waals surface area contributed by atoms with Gasteiger partial charge in [0.05, 0.1) is 24.2 Å². The quantitative estimate of drug-likeness (QED) is 0.733. The second kappa shape index (κ2) is 8.59. The molecule has 3 fully saturated rings. The number of carbonyl (C=O) groups excluding carboxylic acids is 2. The summed E-state index contributed by atoms with van der Waals surface area (Å²) < 4.78 is 5.49. The summed E-state index contributed by atoms with van der Waals surface area (Å²) >= 11 is 1.54. The minimum atomic E-state index is -0.488. The highest BCUT2D eigenvalue weighted by Gasteiger charge is 2.55. The predicted octanol–water partition coefficient (Wildman–Crippen LogP) is 2.36. The Morgan fingerprint density at radius 1 is 1.10 bits per heavy atom. The summed E-state index contributed by atoms with van der Waals surface area (Å²) in [5.41, 5.74) is 0.259. The average Bonchev–Trinajstić information content (AvgIpc) is 3.45. The lowest BCUT2D eigenvalue weighted by Gasteiger charge is -2.38. The zero-order valence-corrected chi connectivity index (χ0v) is 18.4. The van der Waals surface area contributed by atoms with Gasteiger partial charge in [0.1, 0.15) is 5.82 Å². The number of pyridine rings is 1. The Labute approximate surface area is 186 Å². The molecule has 0 radical (unpaired) electrons. The summed E-state index contributed by atoms with van der Waals surface area (Å²) in [5.74, 6) is 1.28. The second-order valence-electron chi connectivity index (χ2n) is 8.69. The van der Waals surface area contributed by atoms with Gasteiger partial charge in [-0.3, -0.25) is 9.59 Å². The number of aromatic nitrogens is 1. The number of fused-ring (bicyclic) bond motifs is 1. The lowest BCUT2D eigenvalue weighted by Crippen LogP contribution is -2.53. The number of rotatable bonds is 3. The largest absolute Gasteiger partial charge is 0.378 e. The van der Waals surface area contributed by atoms with Gasteiger partial charge in [-0.25, -0.2) is 4.98 Å². The van der Waals surface area contributed by atoms with Crippen molar-refractivity contribution >= 4 is 29.0 Å².